The minimum absolute atomic E-state index is 0.865. The molecule has 7 rings (SSSR count). The highest BCUT2D eigenvalue weighted by Gasteiger charge is 2.70. The maximum Gasteiger partial charge on any atom is 0.150 e. The van der Waals surface area contributed by atoms with Crippen molar-refractivity contribution in [2.45, 2.75) is 16.5 Å². The Bertz CT molecular complexity index is 1650. The fourth-order valence-corrected chi connectivity index (χ4v) is 7.18. The lowest BCUT2D eigenvalue weighted by Crippen LogP contribution is -2.69. The van der Waals surface area contributed by atoms with Crippen molar-refractivity contribution in [1.29, 1.82) is 0 Å². The Hall–Kier alpha value is -5.28. The van der Waals surface area contributed by atoms with Gasteiger partial charge in [0.1, 0.15) is 5.54 Å². The highest BCUT2D eigenvalue weighted by atomic mass is 15.5. The number of nitrogens with zero attached hydrogens (tertiary/aromatic N) is 2. The van der Waals surface area contributed by atoms with Gasteiger partial charge >= 0.3 is 0 Å². The first kappa shape index (κ1) is 25.7. The topological polar surface area (TPSA) is 36.8 Å². The zero-order valence-electron chi connectivity index (χ0n) is 23.2. The molecule has 1 N–H and O–H groups in total. The Morgan fingerprint density at radius 1 is 0.333 bits per heavy atom. The number of rotatable bonds is 6. The number of hydrogen-bond acceptors (Lipinski definition) is 3. The molecule has 1 aliphatic rings. The average Bonchev–Trinajstić information content (AvgIpc) is 3.10. The summed E-state index contributed by atoms with van der Waals surface area (Å²) in [7, 11) is 0. The van der Waals surface area contributed by atoms with Crippen LogP contribution in [0.4, 0.5) is 0 Å². The maximum absolute atomic E-state index is 5.37. The SMILES string of the molecule is c1ccc(C2(c3ccccc3)N=NNC(c3ccccc3)(c3ccccc3)C2(c2ccccc2)c2ccccc2)cc1. The summed E-state index contributed by atoms with van der Waals surface area (Å²) >= 11 is 0. The van der Waals surface area contributed by atoms with E-state index in [1.807, 2.05) is 0 Å². The summed E-state index contributed by atoms with van der Waals surface area (Å²) in [5.41, 5.74) is 7.55. The van der Waals surface area contributed by atoms with Crippen LogP contribution in [0.3, 0.4) is 0 Å². The summed E-state index contributed by atoms with van der Waals surface area (Å²) in [5, 5.41) is 10.3. The van der Waals surface area contributed by atoms with Crippen LogP contribution in [0, 0.1) is 0 Å². The third-order valence-electron chi connectivity index (χ3n) is 8.73. The second-order valence-electron chi connectivity index (χ2n) is 10.7. The molecule has 0 spiro atoms. The zero-order chi connectivity index (χ0) is 28.3. The van der Waals surface area contributed by atoms with Crippen LogP contribution in [-0.2, 0) is 16.5 Å². The molecule has 0 saturated carbocycles. The van der Waals surface area contributed by atoms with Gasteiger partial charge in [0.15, 0.2) is 5.54 Å². The van der Waals surface area contributed by atoms with Gasteiger partial charge in [0.05, 0.1) is 5.41 Å². The first-order valence-electron chi connectivity index (χ1n) is 14.4. The Morgan fingerprint density at radius 2 is 0.619 bits per heavy atom. The van der Waals surface area contributed by atoms with Crippen LogP contribution < -0.4 is 5.43 Å². The molecule has 3 nitrogen and oxygen atoms in total. The number of benzene rings is 6. The van der Waals surface area contributed by atoms with E-state index in [0.717, 1.165) is 33.4 Å². The molecule has 0 bridgehead atoms. The van der Waals surface area contributed by atoms with Gasteiger partial charge in [0, 0.05) is 0 Å². The van der Waals surface area contributed by atoms with E-state index >= 15 is 0 Å². The van der Waals surface area contributed by atoms with E-state index in [1.54, 1.807) is 0 Å². The Kier molecular flexibility index (Phi) is 6.48. The molecular formula is C39H31N3. The fraction of sp³-hybridized carbons (Fsp3) is 0.0769. The smallest absolute Gasteiger partial charge is 0.150 e. The van der Waals surface area contributed by atoms with Gasteiger partial charge in [0.25, 0.3) is 0 Å². The van der Waals surface area contributed by atoms with Crippen LogP contribution >= 0.6 is 0 Å². The van der Waals surface area contributed by atoms with Gasteiger partial charge in [-0.05, 0) is 33.4 Å². The van der Waals surface area contributed by atoms with Gasteiger partial charge in [-0.25, -0.2) is 0 Å². The molecule has 0 fully saturated rings. The molecule has 42 heavy (non-hydrogen) atoms. The lowest BCUT2D eigenvalue weighted by molar-refractivity contribution is 0.118. The molecule has 0 aromatic heterocycles. The van der Waals surface area contributed by atoms with Gasteiger partial charge < -0.3 is 0 Å². The van der Waals surface area contributed by atoms with Crippen molar-refractivity contribution in [1.82, 2.24) is 5.43 Å². The van der Waals surface area contributed by atoms with Gasteiger partial charge in [-0.1, -0.05) is 187 Å². The van der Waals surface area contributed by atoms with E-state index < -0.39 is 16.5 Å². The van der Waals surface area contributed by atoms with Crippen LogP contribution in [0.5, 0.6) is 0 Å². The third kappa shape index (κ3) is 3.60. The summed E-state index contributed by atoms with van der Waals surface area (Å²) in [6, 6.07) is 64.4. The molecule has 6 aromatic rings. The van der Waals surface area contributed by atoms with Crippen molar-refractivity contribution < 1.29 is 0 Å². The number of hydrogen-bond donors (Lipinski definition) is 1. The summed E-state index contributed by atoms with van der Waals surface area (Å²) in [6.07, 6.45) is 0. The monoisotopic (exact) mass is 541 g/mol. The summed E-state index contributed by atoms with van der Waals surface area (Å²) in [4.78, 5) is 0. The molecule has 6 aromatic carbocycles. The standard InChI is InChI=1S/C39H31N3/c1-7-19-31(20-8-1)37(32-21-9-2-10-22-32)38(33-23-11-3-12-24-33,34-25-13-4-14-26-34)40-42-41-39(37,35-27-15-5-16-28-35)36-29-17-6-18-30-36/h1-30H,(H,40,41). The van der Waals surface area contributed by atoms with Crippen LogP contribution in [0.25, 0.3) is 0 Å². The molecule has 0 atom stereocenters. The predicted octanol–water partition coefficient (Wildman–Crippen LogP) is 8.83. The fourth-order valence-electron chi connectivity index (χ4n) is 7.18. The average molecular weight is 542 g/mol. The van der Waals surface area contributed by atoms with Gasteiger partial charge in [-0.3, -0.25) is 5.43 Å². The van der Waals surface area contributed by atoms with Crippen LogP contribution in [0.15, 0.2) is 192 Å². The molecule has 0 amide bonds. The zero-order valence-corrected chi connectivity index (χ0v) is 23.2. The summed E-state index contributed by atoms with van der Waals surface area (Å²) < 4.78 is 0. The molecule has 0 unspecified atom stereocenters. The molecule has 1 heterocycles. The van der Waals surface area contributed by atoms with Crippen molar-refractivity contribution in [3.63, 3.8) is 0 Å². The molecular weight excluding hydrogens is 510 g/mol. The molecule has 0 aliphatic carbocycles. The molecule has 0 saturated heterocycles. The minimum Gasteiger partial charge on any atom is -0.275 e. The van der Waals surface area contributed by atoms with Crippen molar-refractivity contribution in [2.75, 3.05) is 0 Å². The van der Waals surface area contributed by atoms with Crippen LogP contribution in [-0.4, -0.2) is 0 Å². The first-order valence-corrected chi connectivity index (χ1v) is 14.4. The second kappa shape index (κ2) is 10.6. The molecule has 1 aliphatic heterocycles. The second-order valence-corrected chi connectivity index (χ2v) is 10.7. The van der Waals surface area contributed by atoms with E-state index in [4.69, 9.17) is 10.3 Å². The highest BCUT2D eigenvalue weighted by Crippen LogP contribution is 2.65. The Labute approximate surface area is 247 Å². The third-order valence-corrected chi connectivity index (χ3v) is 8.73. The first-order chi connectivity index (χ1) is 20.8. The van der Waals surface area contributed by atoms with E-state index in [1.165, 1.54) is 0 Å². The minimum atomic E-state index is -0.977. The predicted molar refractivity (Wildman–Crippen MR) is 169 cm³/mol. The van der Waals surface area contributed by atoms with Crippen molar-refractivity contribution >= 4 is 0 Å². The lowest BCUT2D eigenvalue weighted by Gasteiger charge is -2.61. The van der Waals surface area contributed by atoms with E-state index in [-0.39, 0.29) is 0 Å². The van der Waals surface area contributed by atoms with E-state index in [2.05, 4.69) is 187 Å². The normalized spacial score (nSPS) is 16.3. The van der Waals surface area contributed by atoms with Crippen LogP contribution in [0.1, 0.15) is 33.4 Å². The highest BCUT2D eigenvalue weighted by molar-refractivity contribution is 5.64. The quantitative estimate of drug-likeness (QED) is 0.225. The van der Waals surface area contributed by atoms with Gasteiger partial charge in [-0.2, -0.15) is 5.11 Å². The van der Waals surface area contributed by atoms with Crippen molar-refractivity contribution in [3.05, 3.63) is 215 Å². The molecule has 202 valence electrons. The summed E-state index contributed by atoms with van der Waals surface area (Å²) in [5.74, 6) is 0. The number of nitrogens with one attached hydrogen (secondary N) is 1. The molecule has 0 radical (unpaired) electrons. The lowest BCUT2D eigenvalue weighted by atomic mass is 9.45. The molecule has 3 heteroatoms. The van der Waals surface area contributed by atoms with E-state index in [9.17, 15) is 0 Å². The van der Waals surface area contributed by atoms with Crippen LogP contribution in [0.2, 0.25) is 0 Å². The van der Waals surface area contributed by atoms with Gasteiger partial charge in [0.2, 0.25) is 0 Å². The van der Waals surface area contributed by atoms with E-state index in [0.29, 0.717) is 0 Å². The summed E-state index contributed by atoms with van der Waals surface area (Å²) in [6.45, 7) is 0. The van der Waals surface area contributed by atoms with Crippen molar-refractivity contribution in [2.24, 2.45) is 10.3 Å². The maximum atomic E-state index is 5.37. The van der Waals surface area contributed by atoms with Gasteiger partial charge in [-0.15, -0.1) is 0 Å². The largest absolute Gasteiger partial charge is 0.275 e. The Balaban J connectivity index is 1.80. The Morgan fingerprint density at radius 3 is 0.952 bits per heavy atom. The van der Waals surface area contributed by atoms with Crippen molar-refractivity contribution in [3.8, 4) is 0 Å².